The van der Waals surface area contributed by atoms with Crippen LogP contribution in [0.15, 0.2) is 53.7 Å². The lowest BCUT2D eigenvalue weighted by Gasteiger charge is -2.18. The van der Waals surface area contributed by atoms with Gasteiger partial charge < -0.3 is 25.9 Å². The number of hydrogen-bond acceptors (Lipinski definition) is 5. The van der Waals surface area contributed by atoms with Crippen LogP contribution in [0.5, 0.6) is 0 Å². The molecule has 0 fully saturated rings. The fraction of sp³-hybridized carbons (Fsp3) is 0.250. The number of amidine groups is 1. The van der Waals surface area contributed by atoms with Crippen LogP contribution in [0.25, 0.3) is 0 Å². The molecule has 2 aromatic rings. The van der Waals surface area contributed by atoms with Crippen molar-refractivity contribution in [2.75, 3.05) is 18.5 Å². The molecule has 0 aromatic heterocycles. The maximum Gasteiger partial charge on any atom is 0.347 e. The molecule has 4 N–H and O–H groups in total. The molecule has 1 atom stereocenters. The monoisotopic (exact) mass is 452 g/mol. The summed E-state index contributed by atoms with van der Waals surface area (Å²) < 4.78 is 4.75. The van der Waals surface area contributed by atoms with E-state index in [1.807, 2.05) is 0 Å². The van der Waals surface area contributed by atoms with Gasteiger partial charge in [-0.15, -0.1) is 0 Å². The Morgan fingerprint density at radius 3 is 2.27 bits per heavy atom. The maximum atomic E-state index is 12.4. The van der Waals surface area contributed by atoms with E-state index in [0.717, 1.165) is 5.56 Å². The standard InChI is InChI=1S/C20H22Cl2N4O4/c1-2-29-18(27)12-30-26-19(23)17(11-13-3-5-14(21)6-4-13)25-20(28)24-16-9-7-15(22)8-10-16/h3-10,17H,2,11-12H2,1H3,(H2,23,26)(H2,24,25,28)/t17-/m0/s1. The zero-order valence-corrected chi connectivity index (χ0v) is 17.7. The van der Waals surface area contributed by atoms with Crippen LogP contribution in [0.1, 0.15) is 12.5 Å². The molecular formula is C20H22Cl2N4O4. The number of anilines is 1. The Bertz CT molecular complexity index is 873. The first kappa shape index (κ1) is 23.3. The van der Waals surface area contributed by atoms with Crippen molar-refractivity contribution in [3.63, 3.8) is 0 Å². The number of rotatable bonds is 9. The molecule has 0 bridgehead atoms. The highest BCUT2D eigenvalue weighted by Crippen LogP contribution is 2.14. The number of esters is 1. The van der Waals surface area contributed by atoms with Gasteiger partial charge in [0.05, 0.1) is 12.6 Å². The predicted octanol–water partition coefficient (Wildman–Crippen LogP) is 3.58. The Hall–Kier alpha value is -2.97. The Morgan fingerprint density at radius 2 is 1.67 bits per heavy atom. The number of carbonyl (C=O) groups is 2. The molecule has 2 rings (SSSR count). The van der Waals surface area contributed by atoms with Crippen molar-refractivity contribution in [3.05, 3.63) is 64.1 Å². The molecule has 160 valence electrons. The van der Waals surface area contributed by atoms with Gasteiger partial charge in [-0.3, -0.25) is 0 Å². The largest absolute Gasteiger partial charge is 0.463 e. The van der Waals surface area contributed by atoms with Crippen LogP contribution in [-0.2, 0) is 20.8 Å². The molecule has 0 heterocycles. The number of hydrogen-bond donors (Lipinski definition) is 3. The van der Waals surface area contributed by atoms with Crippen LogP contribution in [0.4, 0.5) is 10.5 Å². The average molecular weight is 453 g/mol. The summed E-state index contributed by atoms with van der Waals surface area (Å²) in [7, 11) is 0. The molecule has 0 aliphatic heterocycles. The lowest BCUT2D eigenvalue weighted by molar-refractivity contribution is -0.148. The minimum absolute atomic E-state index is 0.0134. The van der Waals surface area contributed by atoms with Gasteiger partial charge in [0.2, 0.25) is 6.61 Å². The van der Waals surface area contributed by atoms with Gasteiger partial charge in [0.25, 0.3) is 0 Å². The molecule has 0 saturated carbocycles. The lowest BCUT2D eigenvalue weighted by atomic mass is 10.1. The van der Waals surface area contributed by atoms with Crippen LogP contribution < -0.4 is 16.4 Å². The summed E-state index contributed by atoms with van der Waals surface area (Å²) in [4.78, 5) is 28.7. The van der Waals surface area contributed by atoms with Gasteiger partial charge in [0, 0.05) is 22.2 Å². The third-order valence-corrected chi connectivity index (χ3v) is 4.28. The Balaban J connectivity index is 2.06. The molecule has 0 saturated heterocycles. The van der Waals surface area contributed by atoms with E-state index < -0.39 is 18.0 Å². The van der Waals surface area contributed by atoms with E-state index in [-0.39, 0.29) is 19.0 Å². The Kier molecular flexibility index (Phi) is 9.24. The number of carbonyl (C=O) groups excluding carboxylic acids is 2. The number of halogens is 2. The normalized spacial score (nSPS) is 12.0. The number of nitrogens with one attached hydrogen (secondary N) is 2. The molecule has 2 amide bonds. The van der Waals surface area contributed by atoms with Crippen molar-refractivity contribution >= 4 is 46.7 Å². The second-order valence-corrected chi connectivity index (χ2v) is 6.96. The highest BCUT2D eigenvalue weighted by atomic mass is 35.5. The molecule has 2 aromatic carbocycles. The summed E-state index contributed by atoms with van der Waals surface area (Å²) in [5.74, 6) is -0.586. The molecule has 0 aliphatic carbocycles. The number of amides is 2. The van der Waals surface area contributed by atoms with Crippen molar-refractivity contribution in [2.24, 2.45) is 10.9 Å². The molecule has 10 heteroatoms. The summed E-state index contributed by atoms with van der Waals surface area (Å²) in [6.07, 6.45) is 0.323. The molecule has 0 spiro atoms. The quantitative estimate of drug-likeness (QED) is 0.232. The summed E-state index contributed by atoms with van der Waals surface area (Å²) >= 11 is 11.8. The van der Waals surface area contributed by atoms with Crippen molar-refractivity contribution in [2.45, 2.75) is 19.4 Å². The molecule has 0 radical (unpaired) electrons. The minimum atomic E-state index is -0.708. The van der Waals surface area contributed by atoms with Crippen molar-refractivity contribution in [1.82, 2.24) is 5.32 Å². The van der Waals surface area contributed by atoms with E-state index in [1.54, 1.807) is 55.5 Å². The average Bonchev–Trinajstić information content (AvgIpc) is 2.71. The van der Waals surface area contributed by atoms with E-state index >= 15 is 0 Å². The highest BCUT2D eigenvalue weighted by Gasteiger charge is 2.18. The molecule has 0 aliphatic rings. The van der Waals surface area contributed by atoms with Crippen LogP contribution in [0.3, 0.4) is 0 Å². The van der Waals surface area contributed by atoms with Gasteiger partial charge >= 0.3 is 12.0 Å². The van der Waals surface area contributed by atoms with E-state index in [4.69, 9.17) is 38.5 Å². The number of nitrogens with zero attached hydrogens (tertiary/aromatic N) is 1. The Morgan fingerprint density at radius 1 is 1.07 bits per heavy atom. The Labute approximate surface area is 184 Å². The first-order valence-electron chi connectivity index (χ1n) is 9.06. The van der Waals surface area contributed by atoms with Gasteiger partial charge in [-0.2, -0.15) is 0 Å². The van der Waals surface area contributed by atoms with Crippen molar-refractivity contribution in [3.8, 4) is 0 Å². The fourth-order valence-corrected chi connectivity index (χ4v) is 2.62. The smallest absolute Gasteiger partial charge is 0.347 e. The highest BCUT2D eigenvalue weighted by molar-refractivity contribution is 6.30. The molecule has 30 heavy (non-hydrogen) atoms. The predicted molar refractivity (Wildman–Crippen MR) is 117 cm³/mol. The number of urea groups is 1. The zero-order valence-electron chi connectivity index (χ0n) is 16.2. The van der Waals surface area contributed by atoms with Gasteiger partial charge in [0.1, 0.15) is 0 Å². The minimum Gasteiger partial charge on any atom is -0.463 e. The lowest BCUT2D eigenvalue weighted by Crippen LogP contribution is -2.47. The second kappa shape index (κ2) is 11.9. The summed E-state index contributed by atoms with van der Waals surface area (Å²) in [5.41, 5.74) is 7.42. The first-order chi connectivity index (χ1) is 14.4. The number of ether oxygens (including phenoxy) is 1. The van der Waals surface area contributed by atoms with Crippen LogP contribution in [-0.4, -0.2) is 37.1 Å². The molecular weight excluding hydrogens is 431 g/mol. The maximum absolute atomic E-state index is 12.4. The third kappa shape index (κ3) is 8.18. The van der Waals surface area contributed by atoms with Gasteiger partial charge in [-0.1, -0.05) is 40.5 Å². The number of oxime groups is 1. The summed E-state index contributed by atoms with van der Waals surface area (Å²) in [5, 5.41) is 10.3. The second-order valence-electron chi connectivity index (χ2n) is 6.08. The van der Waals surface area contributed by atoms with Crippen LogP contribution >= 0.6 is 23.2 Å². The molecule has 8 nitrogen and oxygen atoms in total. The molecule has 0 unspecified atom stereocenters. The zero-order chi connectivity index (χ0) is 21.9. The van der Waals surface area contributed by atoms with Crippen LogP contribution in [0.2, 0.25) is 10.0 Å². The van der Waals surface area contributed by atoms with Gasteiger partial charge in [-0.05, 0) is 48.9 Å². The van der Waals surface area contributed by atoms with Crippen LogP contribution in [0, 0.1) is 0 Å². The summed E-state index contributed by atoms with van der Waals surface area (Å²) in [6, 6.07) is 12.5. The number of benzene rings is 2. The van der Waals surface area contributed by atoms with Gasteiger partial charge in [0.15, 0.2) is 5.84 Å². The van der Waals surface area contributed by atoms with Crippen molar-refractivity contribution in [1.29, 1.82) is 0 Å². The number of nitrogens with two attached hydrogens (primary N) is 1. The third-order valence-electron chi connectivity index (χ3n) is 3.78. The van der Waals surface area contributed by atoms with E-state index in [9.17, 15) is 9.59 Å². The SMILES string of the molecule is CCOC(=O)CO/N=C(\N)[C@H](Cc1ccc(Cl)cc1)NC(=O)Nc1ccc(Cl)cc1. The first-order valence-corrected chi connectivity index (χ1v) is 9.81. The van der Waals surface area contributed by atoms with E-state index in [2.05, 4.69) is 15.8 Å². The topological polar surface area (TPSA) is 115 Å². The van der Waals surface area contributed by atoms with E-state index in [0.29, 0.717) is 22.2 Å². The fourth-order valence-electron chi connectivity index (χ4n) is 2.37. The van der Waals surface area contributed by atoms with Gasteiger partial charge in [-0.25, -0.2) is 9.59 Å². The van der Waals surface area contributed by atoms with E-state index in [1.165, 1.54) is 0 Å². The summed E-state index contributed by atoms with van der Waals surface area (Å²) in [6.45, 7) is 1.52. The van der Waals surface area contributed by atoms with Crippen molar-refractivity contribution < 1.29 is 19.2 Å².